The van der Waals surface area contributed by atoms with Gasteiger partial charge in [0.05, 0.1) is 12.6 Å². The van der Waals surface area contributed by atoms with Crippen LogP contribution < -0.4 is 11.5 Å². The number of nitrogens with two attached hydrogens (primary N) is 2. The van der Waals surface area contributed by atoms with E-state index in [0.29, 0.717) is 12.3 Å². The number of hydrogen-bond acceptors (Lipinski definition) is 3. The predicted molar refractivity (Wildman–Crippen MR) is 57.4 cm³/mol. The molecule has 0 unspecified atom stereocenters. The quantitative estimate of drug-likeness (QED) is 0.796. The molecule has 0 aromatic heterocycles. The van der Waals surface area contributed by atoms with Gasteiger partial charge in [-0.3, -0.25) is 0 Å². The van der Waals surface area contributed by atoms with E-state index in [0.717, 1.165) is 10.0 Å². The maximum atomic E-state index is 5.85. The lowest BCUT2D eigenvalue weighted by molar-refractivity contribution is 0.181. The number of rotatable bonds is 3. The molecular weight excluding hydrogens is 232 g/mol. The Balaban J connectivity index is 2.91. The number of methoxy groups -OCH3 is 1. The number of hydrogen-bond donors (Lipinski definition) is 2. The number of halogens is 1. The number of benzene rings is 1. The fourth-order valence-corrected chi connectivity index (χ4v) is 1.51. The van der Waals surface area contributed by atoms with Gasteiger partial charge in [-0.15, -0.1) is 0 Å². The van der Waals surface area contributed by atoms with Gasteiger partial charge in [0.1, 0.15) is 0 Å². The normalized spacial score (nSPS) is 12.8. The van der Waals surface area contributed by atoms with E-state index in [-0.39, 0.29) is 6.04 Å². The molecule has 72 valence electrons. The second-order valence-corrected chi connectivity index (χ2v) is 3.75. The Morgan fingerprint density at radius 1 is 1.54 bits per heavy atom. The molecule has 0 aliphatic heterocycles. The van der Waals surface area contributed by atoms with Crippen LogP contribution in [0.2, 0.25) is 0 Å². The first-order valence-electron chi connectivity index (χ1n) is 3.94. The van der Waals surface area contributed by atoms with Crippen LogP contribution in [0.3, 0.4) is 0 Å². The Morgan fingerprint density at radius 2 is 2.23 bits per heavy atom. The van der Waals surface area contributed by atoms with Crippen LogP contribution in [0.25, 0.3) is 0 Å². The molecule has 0 bridgehead atoms. The highest BCUT2D eigenvalue weighted by molar-refractivity contribution is 9.10. The summed E-state index contributed by atoms with van der Waals surface area (Å²) in [6.07, 6.45) is 0. The zero-order chi connectivity index (χ0) is 9.84. The van der Waals surface area contributed by atoms with Gasteiger partial charge < -0.3 is 16.2 Å². The average Bonchev–Trinajstić information content (AvgIpc) is 2.09. The van der Waals surface area contributed by atoms with Gasteiger partial charge in [0.2, 0.25) is 0 Å². The van der Waals surface area contributed by atoms with Gasteiger partial charge in [-0.1, -0.05) is 15.9 Å². The van der Waals surface area contributed by atoms with Crippen molar-refractivity contribution in [2.24, 2.45) is 5.73 Å². The highest BCUT2D eigenvalue weighted by Gasteiger charge is 2.09. The molecule has 0 amide bonds. The number of ether oxygens (including phenoxy) is 1. The van der Waals surface area contributed by atoms with Crippen LogP contribution in [0.4, 0.5) is 5.69 Å². The number of anilines is 1. The predicted octanol–water partition coefficient (Wildman–Crippen LogP) is 1.68. The molecule has 1 rings (SSSR count). The molecule has 4 heteroatoms. The molecule has 0 aliphatic carbocycles. The van der Waals surface area contributed by atoms with Gasteiger partial charge in [-0.25, -0.2) is 0 Å². The van der Waals surface area contributed by atoms with Crippen LogP contribution in [0.15, 0.2) is 22.7 Å². The van der Waals surface area contributed by atoms with Gasteiger partial charge in [0.15, 0.2) is 0 Å². The highest BCUT2D eigenvalue weighted by Crippen LogP contribution is 2.23. The van der Waals surface area contributed by atoms with Crippen LogP contribution in [0.1, 0.15) is 11.6 Å². The van der Waals surface area contributed by atoms with Gasteiger partial charge >= 0.3 is 0 Å². The minimum Gasteiger partial charge on any atom is -0.398 e. The maximum absolute atomic E-state index is 5.85. The van der Waals surface area contributed by atoms with Crippen molar-refractivity contribution in [2.75, 3.05) is 19.5 Å². The average molecular weight is 245 g/mol. The fraction of sp³-hybridized carbons (Fsp3) is 0.333. The Labute approximate surface area is 86.2 Å². The molecule has 0 saturated carbocycles. The summed E-state index contributed by atoms with van der Waals surface area (Å²) in [5, 5.41) is 0. The molecule has 0 saturated heterocycles. The van der Waals surface area contributed by atoms with Crippen LogP contribution in [0, 0.1) is 0 Å². The van der Waals surface area contributed by atoms with E-state index in [9.17, 15) is 0 Å². The van der Waals surface area contributed by atoms with Crippen LogP contribution in [-0.2, 0) is 4.74 Å². The van der Waals surface area contributed by atoms with E-state index in [1.54, 1.807) is 7.11 Å². The zero-order valence-corrected chi connectivity index (χ0v) is 9.04. The lowest BCUT2D eigenvalue weighted by atomic mass is 10.1. The standard InChI is InChI=1S/C9H13BrN2O/c1-13-5-9(12)7-4-6(10)2-3-8(7)11/h2-4,9H,5,11-12H2,1H3/t9-/m1/s1. The van der Waals surface area contributed by atoms with Crippen molar-refractivity contribution in [3.05, 3.63) is 28.2 Å². The highest BCUT2D eigenvalue weighted by atomic mass is 79.9. The van der Waals surface area contributed by atoms with E-state index in [1.807, 2.05) is 18.2 Å². The molecule has 0 radical (unpaired) electrons. The summed E-state index contributed by atoms with van der Waals surface area (Å²) in [5.74, 6) is 0. The topological polar surface area (TPSA) is 61.3 Å². The van der Waals surface area contributed by atoms with Crippen molar-refractivity contribution in [2.45, 2.75) is 6.04 Å². The van der Waals surface area contributed by atoms with Crippen LogP contribution in [0.5, 0.6) is 0 Å². The van der Waals surface area contributed by atoms with Gasteiger partial charge in [-0.05, 0) is 23.8 Å². The van der Waals surface area contributed by atoms with Crippen molar-refractivity contribution < 1.29 is 4.74 Å². The van der Waals surface area contributed by atoms with Crippen molar-refractivity contribution >= 4 is 21.6 Å². The summed E-state index contributed by atoms with van der Waals surface area (Å²) in [6.45, 7) is 0.473. The minimum absolute atomic E-state index is 0.164. The fourth-order valence-electron chi connectivity index (χ4n) is 1.14. The molecule has 13 heavy (non-hydrogen) atoms. The third-order valence-electron chi connectivity index (χ3n) is 1.79. The molecule has 0 spiro atoms. The summed E-state index contributed by atoms with van der Waals surface area (Å²) in [4.78, 5) is 0. The minimum atomic E-state index is -0.164. The second-order valence-electron chi connectivity index (χ2n) is 2.84. The van der Waals surface area contributed by atoms with E-state index in [1.165, 1.54) is 0 Å². The summed E-state index contributed by atoms with van der Waals surface area (Å²) in [6, 6.07) is 5.47. The second kappa shape index (κ2) is 4.60. The Kier molecular flexibility index (Phi) is 3.71. The Bertz CT molecular complexity index is 291. The first kappa shape index (κ1) is 10.5. The van der Waals surface area contributed by atoms with Crippen molar-refractivity contribution in [3.8, 4) is 0 Å². The third-order valence-corrected chi connectivity index (χ3v) is 2.29. The molecule has 0 aliphatic rings. The largest absolute Gasteiger partial charge is 0.398 e. The van der Waals surface area contributed by atoms with Crippen molar-refractivity contribution in [1.82, 2.24) is 0 Å². The van der Waals surface area contributed by atoms with Crippen molar-refractivity contribution in [1.29, 1.82) is 0 Å². The van der Waals surface area contributed by atoms with E-state index in [4.69, 9.17) is 16.2 Å². The summed E-state index contributed by atoms with van der Waals surface area (Å²) >= 11 is 3.36. The molecule has 1 aromatic rings. The summed E-state index contributed by atoms with van der Waals surface area (Å²) in [5.41, 5.74) is 13.2. The molecule has 0 fully saturated rings. The van der Waals surface area contributed by atoms with Gasteiger partial charge in [0, 0.05) is 17.3 Å². The third kappa shape index (κ3) is 2.69. The first-order chi connectivity index (χ1) is 6.15. The Hall–Kier alpha value is -0.580. The number of nitrogen functional groups attached to an aromatic ring is 1. The lowest BCUT2D eigenvalue weighted by Gasteiger charge is -2.13. The zero-order valence-electron chi connectivity index (χ0n) is 7.46. The molecule has 1 aromatic carbocycles. The van der Waals surface area contributed by atoms with E-state index < -0.39 is 0 Å². The van der Waals surface area contributed by atoms with E-state index in [2.05, 4.69) is 15.9 Å². The summed E-state index contributed by atoms with van der Waals surface area (Å²) < 4.78 is 5.93. The molecule has 3 nitrogen and oxygen atoms in total. The molecular formula is C9H13BrN2O. The van der Waals surface area contributed by atoms with Crippen molar-refractivity contribution in [3.63, 3.8) is 0 Å². The first-order valence-corrected chi connectivity index (χ1v) is 4.74. The van der Waals surface area contributed by atoms with Gasteiger partial charge in [0.25, 0.3) is 0 Å². The Morgan fingerprint density at radius 3 is 2.85 bits per heavy atom. The van der Waals surface area contributed by atoms with Crippen LogP contribution in [-0.4, -0.2) is 13.7 Å². The SMILES string of the molecule is COC[C@@H](N)c1cc(Br)ccc1N. The van der Waals surface area contributed by atoms with Crippen LogP contribution >= 0.6 is 15.9 Å². The smallest absolute Gasteiger partial charge is 0.0656 e. The lowest BCUT2D eigenvalue weighted by Crippen LogP contribution is -2.17. The molecule has 4 N–H and O–H groups in total. The summed E-state index contributed by atoms with van der Waals surface area (Å²) in [7, 11) is 1.62. The molecule has 1 atom stereocenters. The maximum Gasteiger partial charge on any atom is 0.0656 e. The monoisotopic (exact) mass is 244 g/mol. The molecule has 0 heterocycles. The van der Waals surface area contributed by atoms with E-state index >= 15 is 0 Å². The van der Waals surface area contributed by atoms with Gasteiger partial charge in [-0.2, -0.15) is 0 Å².